The fourth-order valence-corrected chi connectivity index (χ4v) is 1.37. The molecular formula is C9H17NO5. The summed E-state index contributed by atoms with van der Waals surface area (Å²) in [4.78, 5) is 21.0. The Morgan fingerprint density at radius 2 is 2.13 bits per heavy atom. The van der Waals surface area contributed by atoms with Gasteiger partial charge in [-0.1, -0.05) is 13.8 Å². The van der Waals surface area contributed by atoms with Crippen LogP contribution in [-0.2, 0) is 9.53 Å². The third kappa shape index (κ3) is 4.73. The Bertz CT molecular complexity index is 241. The van der Waals surface area contributed by atoms with Crippen LogP contribution in [0.25, 0.3) is 0 Å². The summed E-state index contributed by atoms with van der Waals surface area (Å²) < 4.78 is 4.62. The number of nitrogens with zero attached hydrogens (tertiary/aromatic N) is 1. The van der Waals surface area contributed by atoms with Crippen molar-refractivity contribution >= 4 is 5.97 Å². The van der Waals surface area contributed by atoms with E-state index in [1.807, 2.05) is 0 Å². The van der Waals surface area contributed by atoms with Crippen molar-refractivity contribution in [1.82, 2.24) is 0 Å². The van der Waals surface area contributed by atoms with Gasteiger partial charge in [-0.3, -0.25) is 10.1 Å². The highest BCUT2D eigenvalue weighted by molar-refractivity contribution is 5.79. The monoisotopic (exact) mass is 219 g/mol. The average Bonchev–Trinajstić information content (AvgIpc) is 2.01. The minimum atomic E-state index is -2.01. The second-order valence-electron chi connectivity index (χ2n) is 3.84. The van der Waals surface area contributed by atoms with Crippen LogP contribution < -0.4 is 0 Å². The van der Waals surface area contributed by atoms with Gasteiger partial charge in [0.2, 0.25) is 12.1 Å². The van der Waals surface area contributed by atoms with Gasteiger partial charge in [0.1, 0.15) is 0 Å². The Hall–Kier alpha value is -1.17. The highest BCUT2D eigenvalue weighted by Gasteiger charge is 2.43. The van der Waals surface area contributed by atoms with E-state index in [0.29, 0.717) is 0 Å². The van der Waals surface area contributed by atoms with E-state index < -0.39 is 23.0 Å². The van der Waals surface area contributed by atoms with E-state index in [0.717, 1.165) is 0 Å². The predicted octanol–water partition coefficient (Wildman–Crippen LogP) is 0.603. The molecule has 1 N–H and O–H groups in total. The maximum Gasteiger partial charge on any atom is 0.345 e. The van der Waals surface area contributed by atoms with E-state index in [4.69, 9.17) is 0 Å². The highest BCUT2D eigenvalue weighted by atomic mass is 16.6. The van der Waals surface area contributed by atoms with Gasteiger partial charge in [0.05, 0.1) is 6.61 Å². The van der Waals surface area contributed by atoms with Gasteiger partial charge in [-0.05, 0) is 19.3 Å². The zero-order valence-corrected chi connectivity index (χ0v) is 9.23. The number of hydrogen-bond acceptors (Lipinski definition) is 5. The summed E-state index contributed by atoms with van der Waals surface area (Å²) in [6.07, 6.45) is 0.0206. The maximum absolute atomic E-state index is 11.4. The lowest BCUT2D eigenvalue weighted by atomic mass is 9.92. The van der Waals surface area contributed by atoms with Crippen LogP contribution >= 0.6 is 0 Å². The molecule has 15 heavy (non-hydrogen) atoms. The van der Waals surface area contributed by atoms with Crippen molar-refractivity contribution in [2.75, 3.05) is 13.2 Å². The van der Waals surface area contributed by atoms with Crippen LogP contribution in [0.15, 0.2) is 0 Å². The molecule has 0 fully saturated rings. The van der Waals surface area contributed by atoms with E-state index in [9.17, 15) is 20.0 Å². The molecular weight excluding hydrogens is 202 g/mol. The van der Waals surface area contributed by atoms with E-state index in [2.05, 4.69) is 4.74 Å². The lowest BCUT2D eigenvalue weighted by Crippen LogP contribution is -2.47. The number of nitro groups is 1. The fraction of sp³-hybridized carbons (Fsp3) is 0.889. The standard InChI is InChI=1S/C9H17NO5/c1-4-15-8(11)9(12,5-7(2)3)6-10(13)14/h7,12H,4-6H2,1-3H3/t9-/m1/s1. The summed E-state index contributed by atoms with van der Waals surface area (Å²) in [6, 6.07) is 0. The minimum absolute atomic E-state index is 0.0206. The quantitative estimate of drug-likeness (QED) is 0.401. The molecule has 1 atom stereocenters. The smallest absolute Gasteiger partial charge is 0.345 e. The lowest BCUT2D eigenvalue weighted by Gasteiger charge is -2.23. The van der Waals surface area contributed by atoms with Gasteiger partial charge < -0.3 is 9.84 Å². The molecule has 88 valence electrons. The molecule has 0 amide bonds. The van der Waals surface area contributed by atoms with Crippen molar-refractivity contribution < 1.29 is 19.6 Å². The molecule has 0 unspecified atom stereocenters. The Morgan fingerprint density at radius 3 is 2.47 bits per heavy atom. The number of carbonyl (C=O) groups excluding carboxylic acids is 1. The van der Waals surface area contributed by atoms with Crippen LogP contribution in [0.5, 0.6) is 0 Å². The molecule has 0 aromatic carbocycles. The first-order valence-electron chi connectivity index (χ1n) is 4.83. The minimum Gasteiger partial charge on any atom is -0.464 e. The van der Waals surface area contributed by atoms with Crippen molar-refractivity contribution in [3.63, 3.8) is 0 Å². The zero-order chi connectivity index (χ0) is 12.1. The molecule has 0 saturated carbocycles. The molecule has 0 radical (unpaired) electrons. The normalized spacial score (nSPS) is 14.7. The molecule has 6 heteroatoms. The molecule has 0 spiro atoms. The molecule has 0 aliphatic rings. The molecule has 0 bridgehead atoms. The lowest BCUT2D eigenvalue weighted by molar-refractivity contribution is -0.498. The van der Waals surface area contributed by atoms with Crippen LogP contribution in [0, 0.1) is 16.0 Å². The van der Waals surface area contributed by atoms with Crippen LogP contribution in [0.3, 0.4) is 0 Å². The second kappa shape index (κ2) is 5.65. The SMILES string of the molecule is CCOC(=O)[C@@](O)(CC(C)C)C[N+](=O)[O-]. The molecule has 0 aliphatic carbocycles. The van der Waals surface area contributed by atoms with E-state index in [1.54, 1.807) is 20.8 Å². The van der Waals surface area contributed by atoms with E-state index in [1.165, 1.54) is 0 Å². The predicted molar refractivity (Wildman–Crippen MR) is 52.9 cm³/mol. The number of rotatable bonds is 6. The number of esters is 1. The summed E-state index contributed by atoms with van der Waals surface area (Å²) in [5.74, 6) is -0.949. The topological polar surface area (TPSA) is 89.7 Å². The summed E-state index contributed by atoms with van der Waals surface area (Å²) in [5.41, 5.74) is -2.01. The number of ether oxygens (including phenoxy) is 1. The third-order valence-electron chi connectivity index (χ3n) is 1.79. The Labute approximate surface area is 88.4 Å². The maximum atomic E-state index is 11.4. The van der Waals surface area contributed by atoms with Crippen LogP contribution in [0.1, 0.15) is 27.2 Å². The fourth-order valence-electron chi connectivity index (χ4n) is 1.37. The molecule has 0 rings (SSSR count). The third-order valence-corrected chi connectivity index (χ3v) is 1.79. The van der Waals surface area contributed by atoms with Crippen LogP contribution in [0.2, 0.25) is 0 Å². The molecule has 0 saturated heterocycles. The van der Waals surface area contributed by atoms with Gasteiger partial charge in [0.25, 0.3) is 0 Å². The summed E-state index contributed by atoms with van der Waals surface area (Å²) in [5, 5.41) is 20.2. The van der Waals surface area contributed by atoms with Crippen LogP contribution in [-0.4, -0.2) is 34.8 Å². The largest absolute Gasteiger partial charge is 0.464 e. The first-order chi connectivity index (χ1) is 6.81. The number of carbonyl (C=O) groups is 1. The molecule has 0 heterocycles. The Balaban J connectivity index is 4.67. The summed E-state index contributed by atoms with van der Waals surface area (Å²) in [7, 11) is 0. The van der Waals surface area contributed by atoms with Gasteiger partial charge >= 0.3 is 5.97 Å². The Morgan fingerprint density at radius 1 is 1.60 bits per heavy atom. The van der Waals surface area contributed by atoms with Crippen molar-refractivity contribution in [2.45, 2.75) is 32.8 Å². The number of hydrogen-bond donors (Lipinski definition) is 1. The Kier molecular flexibility index (Phi) is 5.21. The average molecular weight is 219 g/mol. The zero-order valence-electron chi connectivity index (χ0n) is 9.23. The molecule has 6 nitrogen and oxygen atoms in total. The van der Waals surface area contributed by atoms with Crippen LogP contribution in [0.4, 0.5) is 0 Å². The molecule has 0 aromatic heterocycles. The molecule has 0 aromatic rings. The number of aliphatic hydroxyl groups is 1. The van der Waals surface area contributed by atoms with Crippen molar-refractivity contribution in [2.24, 2.45) is 5.92 Å². The van der Waals surface area contributed by atoms with Gasteiger partial charge in [0.15, 0.2) is 0 Å². The van der Waals surface area contributed by atoms with Gasteiger partial charge in [-0.25, -0.2) is 4.79 Å². The second-order valence-corrected chi connectivity index (χ2v) is 3.84. The molecule has 0 aliphatic heterocycles. The van der Waals surface area contributed by atoms with Crippen molar-refractivity contribution in [3.05, 3.63) is 10.1 Å². The highest BCUT2D eigenvalue weighted by Crippen LogP contribution is 2.19. The van der Waals surface area contributed by atoms with Gasteiger partial charge in [-0.15, -0.1) is 0 Å². The first-order valence-corrected chi connectivity index (χ1v) is 4.83. The van der Waals surface area contributed by atoms with E-state index in [-0.39, 0.29) is 18.9 Å². The van der Waals surface area contributed by atoms with Crippen molar-refractivity contribution in [1.29, 1.82) is 0 Å². The summed E-state index contributed by atoms with van der Waals surface area (Å²) >= 11 is 0. The first kappa shape index (κ1) is 13.8. The van der Waals surface area contributed by atoms with Crippen molar-refractivity contribution in [3.8, 4) is 0 Å². The van der Waals surface area contributed by atoms with Gasteiger partial charge in [0, 0.05) is 4.92 Å². The summed E-state index contributed by atoms with van der Waals surface area (Å²) in [6.45, 7) is 4.40. The van der Waals surface area contributed by atoms with E-state index >= 15 is 0 Å². The van der Waals surface area contributed by atoms with Gasteiger partial charge in [-0.2, -0.15) is 0 Å².